The number of aromatic nitrogens is 3. The van der Waals surface area contributed by atoms with Crippen LogP contribution in [0.2, 0.25) is 10.0 Å². The summed E-state index contributed by atoms with van der Waals surface area (Å²) in [5.41, 5.74) is 2.70. The van der Waals surface area contributed by atoms with Gasteiger partial charge in [-0.3, -0.25) is 4.79 Å². The smallest absolute Gasteiger partial charge is 0.226 e. The number of nitrogens with zero attached hydrogens (tertiary/aromatic N) is 3. The Morgan fingerprint density at radius 2 is 1.93 bits per heavy atom. The molecule has 154 valence electrons. The first-order chi connectivity index (χ1) is 14.4. The molecule has 0 saturated carbocycles. The number of rotatable bonds is 6. The molecule has 30 heavy (non-hydrogen) atoms. The van der Waals surface area contributed by atoms with E-state index in [2.05, 4.69) is 10.4 Å². The summed E-state index contributed by atoms with van der Waals surface area (Å²) in [6.07, 6.45) is 0.377. The molecule has 0 spiro atoms. The largest absolute Gasteiger partial charge is 0.310 e. The molecule has 9 heteroatoms. The Kier molecular flexibility index (Phi) is 6.34. The van der Waals surface area contributed by atoms with Crippen molar-refractivity contribution in [1.82, 2.24) is 14.8 Å². The number of carbonyl (C=O) groups is 1. The predicted molar refractivity (Wildman–Crippen MR) is 127 cm³/mol. The molecule has 2 heterocycles. The van der Waals surface area contributed by atoms with E-state index in [0.29, 0.717) is 33.2 Å². The van der Waals surface area contributed by atoms with Gasteiger partial charge in [-0.15, -0.1) is 11.8 Å². The van der Waals surface area contributed by atoms with Gasteiger partial charge in [0.15, 0.2) is 0 Å². The van der Waals surface area contributed by atoms with Crippen LogP contribution < -0.4 is 5.32 Å². The molecule has 2 aromatic carbocycles. The SMILES string of the molecule is Cc1cc(NC(=O)CCSc2ccc(Cl)cc2)n(-c2nc3c(C)ccc(Cl)c3s2)n1. The lowest BCUT2D eigenvalue weighted by molar-refractivity contribution is -0.115. The van der Waals surface area contributed by atoms with Crippen molar-refractivity contribution in [1.29, 1.82) is 0 Å². The van der Waals surface area contributed by atoms with Crippen molar-refractivity contribution < 1.29 is 4.79 Å². The van der Waals surface area contributed by atoms with Gasteiger partial charge < -0.3 is 5.32 Å². The van der Waals surface area contributed by atoms with E-state index in [4.69, 9.17) is 28.2 Å². The minimum absolute atomic E-state index is 0.0760. The Bertz CT molecular complexity index is 1180. The number of benzene rings is 2. The lowest BCUT2D eigenvalue weighted by Gasteiger charge is -2.06. The van der Waals surface area contributed by atoms with Crippen LogP contribution in [-0.4, -0.2) is 26.4 Å². The first kappa shape index (κ1) is 21.2. The third kappa shape index (κ3) is 4.64. The zero-order valence-corrected chi connectivity index (χ0v) is 19.4. The summed E-state index contributed by atoms with van der Waals surface area (Å²) in [6, 6.07) is 13.2. The molecule has 0 saturated heterocycles. The van der Waals surface area contributed by atoms with Crippen LogP contribution in [0, 0.1) is 13.8 Å². The highest BCUT2D eigenvalue weighted by molar-refractivity contribution is 7.99. The molecule has 1 N–H and O–H groups in total. The van der Waals surface area contributed by atoms with E-state index in [1.165, 1.54) is 11.3 Å². The van der Waals surface area contributed by atoms with E-state index in [-0.39, 0.29) is 5.91 Å². The van der Waals surface area contributed by atoms with Gasteiger partial charge >= 0.3 is 0 Å². The summed E-state index contributed by atoms with van der Waals surface area (Å²) in [5, 5.41) is 9.50. The molecular weight excluding hydrogens is 459 g/mol. The monoisotopic (exact) mass is 476 g/mol. The number of hydrogen-bond acceptors (Lipinski definition) is 5. The maximum Gasteiger partial charge on any atom is 0.226 e. The lowest BCUT2D eigenvalue weighted by Crippen LogP contribution is -2.15. The summed E-state index contributed by atoms with van der Waals surface area (Å²) in [4.78, 5) is 18.3. The van der Waals surface area contributed by atoms with Gasteiger partial charge in [0.25, 0.3) is 0 Å². The van der Waals surface area contributed by atoms with Crippen LogP contribution in [0.1, 0.15) is 17.7 Å². The van der Waals surface area contributed by atoms with Crippen LogP contribution in [0.4, 0.5) is 5.82 Å². The van der Waals surface area contributed by atoms with Crippen molar-refractivity contribution in [2.75, 3.05) is 11.1 Å². The molecule has 4 rings (SSSR count). The Balaban J connectivity index is 1.48. The highest BCUT2D eigenvalue weighted by Crippen LogP contribution is 2.34. The number of aryl methyl sites for hydroxylation is 2. The third-order valence-electron chi connectivity index (χ3n) is 4.38. The van der Waals surface area contributed by atoms with Crippen molar-refractivity contribution in [3.63, 3.8) is 0 Å². The van der Waals surface area contributed by atoms with Crippen LogP contribution in [0.3, 0.4) is 0 Å². The molecule has 0 radical (unpaired) electrons. The van der Waals surface area contributed by atoms with Crippen LogP contribution in [0.15, 0.2) is 47.4 Å². The van der Waals surface area contributed by atoms with Gasteiger partial charge in [0.1, 0.15) is 5.82 Å². The molecule has 2 aromatic heterocycles. The van der Waals surface area contributed by atoms with Crippen molar-refractivity contribution in [3.05, 3.63) is 63.8 Å². The summed E-state index contributed by atoms with van der Waals surface area (Å²) in [6.45, 7) is 3.88. The van der Waals surface area contributed by atoms with Crippen LogP contribution in [0.5, 0.6) is 0 Å². The fourth-order valence-electron chi connectivity index (χ4n) is 2.91. The molecule has 0 aliphatic carbocycles. The number of halogens is 2. The minimum atomic E-state index is -0.0760. The standard InChI is InChI=1S/C21H18Cl2N4OS2/c1-12-3-8-16(23)20-19(12)25-21(30-20)27-17(11-13(2)26-27)24-18(28)9-10-29-15-6-4-14(22)5-7-15/h3-8,11H,9-10H2,1-2H3,(H,24,28). The number of thiazole rings is 1. The number of hydrogen-bond donors (Lipinski definition) is 1. The summed E-state index contributed by atoms with van der Waals surface area (Å²) in [7, 11) is 0. The average molecular weight is 477 g/mol. The first-order valence-electron chi connectivity index (χ1n) is 9.21. The molecule has 0 unspecified atom stereocenters. The lowest BCUT2D eigenvalue weighted by atomic mass is 10.2. The predicted octanol–water partition coefficient (Wildman–Crippen LogP) is 6.53. The number of nitrogens with one attached hydrogen (secondary N) is 1. The molecule has 1 amide bonds. The first-order valence-corrected chi connectivity index (χ1v) is 11.8. The second-order valence-corrected chi connectivity index (χ2v) is 9.71. The summed E-state index contributed by atoms with van der Waals surface area (Å²) >= 11 is 15.3. The molecule has 4 aromatic rings. The van der Waals surface area contributed by atoms with Gasteiger partial charge in [-0.05, 0) is 49.7 Å². The summed E-state index contributed by atoms with van der Waals surface area (Å²) < 4.78 is 2.58. The fourth-order valence-corrected chi connectivity index (χ4v) is 5.17. The molecule has 5 nitrogen and oxygen atoms in total. The van der Waals surface area contributed by atoms with E-state index in [0.717, 1.165) is 26.4 Å². The van der Waals surface area contributed by atoms with Crippen LogP contribution in [0.25, 0.3) is 15.3 Å². The van der Waals surface area contributed by atoms with Crippen molar-refractivity contribution in [3.8, 4) is 5.13 Å². The maximum absolute atomic E-state index is 12.5. The average Bonchev–Trinajstić information content (AvgIpc) is 3.31. The second kappa shape index (κ2) is 8.98. The highest BCUT2D eigenvalue weighted by atomic mass is 35.5. The van der Waals surface area contributed by atoms with E-state index < -0.39 is 0 Å². The van der Waals surface area contributed by atoms with Crippen molar-refractivity contribution >= 4 is 68.2 Å². The highest BCUT2D eigenvalue weighted by Gasteiger charge is 2.16. The van der Waals surface area contributed by atoms with E-state index in [1.807, 2.05) is 56.3 Å². The Morgan fingerprint density at radius 3 is 2.67 bits per heavy atom. The molecule has 0 bridgehead atoms. The maximum atomic E-state index is 12.5. The topological polar surface area (TPSA) is 59.8 Å². The molecule has 0 aliphatic heterocycles. The Morgan fingerprint density at radius 1 is 1.17 bits per heavy atom. The fraction of sp³-hybridized carbons (Fsp3) is 0.190. The van der Waals surface area contributed by atoms with Gasteiger partial charge in [-0.1, -0.05) is 40.6 Å². The quantitative estimate of drug-likeness (QED) is 0.321. The van der Waals surface area contributed by atoms with E-state index in [9.17, 15) is 4.79 Å². The van der Waals surface area contributed by atoms with Gasteiger partial charge in [0, 0.05) is 28.2 Å². The molecular formula is C21H18Cl2N4OS2. The normalized spacial score (nSPS) is 11.2. The molecule has 0 aliphatic rings. The van der Waals surface area contributed by atoms with Gasteiger partial charge in [0.05, 0.1) is 20.9 Å². The van der Waals surface area contributed by atoms with Gasteiger partial charge in [-0.25, -0.2) is 4.98 Å². The van der Waals surface area contributed by atoms with Crippen molar-refractivity contribution in [2.24, 2.45) is 0 Å². The zero-order chi connectivity index (χ0) is 21.3. The number of fused-ring (bicyclic) bond motifs is 1. The number of thioether (sulfide) groups is 1. The van der Waals surface area contributed by atoms with Crippen LogP contribution in [-0.2, 0) is 4.79 Å². The van der Waals surface area contributed by atoms with E-state index >= 15 is 0 Å². The second-order valence-electron chi connectivity index (χ2n) is 6.72. The van der Waals surface area contributed by atoms with Gasteiger partial charge in [-0.2, -0.15) is 9.78 Å². The molecule has 0 atom stereocenters. The minimum Gasteiger partial charge on any atom is -0.310 e. The molecule has 0 fully saturated rings. The Labute approximate surface area is 192 Å². The van der Waals surface area contributed by atoms with Gasteiger partial charge in [0.2, 0.25) is 11.0 Å². The van der Waals surface area contributed by atoms with Crippen molar-refractivity contribution in [2.45, 2.75) is 25.2 Å². The summed E-state index contributed by atoms with van der Waals surface area (Å²) in [5.74, 6) is 1.19. The number of amides is 1. The Hall–Kier alpha value is -2.06. The third-order valence-corrected chi connectivity index (χ3v) is 7.13. The van der Waals surface area contributed by atoms with E-state index in [1.54, 1.807) is 16.4 Å². The number of anilines is 1. The number of carbonyl (C=O) groups excluding carboxylic acids is 1. The zero-order valence-electron chi connectivity index (χ0n) is 16.3. The van der Waals surface area contributed by atoms with Crippen LogP contribution >= 0.6 is 46.3 Å².